The molecule has 5 rings (SSSR count). The summed E-state index contributed by atoms with van der Waals surface area (Å²) in [4.78, 5) is 49.3. The lowest BCUT2D eigenvalue weighted by molar-refractivity contribution is -0.384. The lowest BCUT2D eigenvalue weighted by Gasteiger charge is -2.26. The summed E-state index contributed by atoms with van der Waals surface area (Å²) in [6, 6.07) is 14.9. The van der Waals surface area contributed by atoms with Gasteiger partial charge in [0.25, 0.3) is 17.5 Å². The van der Waals surface area contributed by atoms with E-state index in [1.807, 2.05) is 0 Å². The number of benzene rings is 3. The summed E-state index contributed by atoms with van der Waals surface area (Å²) in [5, 5.41) is 13.0. The predicted octanol–water partition coefficient (Wildman–Crippen LogP) is 4.17. The van der Waals surface area contributed by atoms with Crippen LogP contribution in [-0.2, 0) is 16.2 Å². The number of amides is 4. The molecule has 2 aliphatic heterocycles. The fraction of sp³-hybridized carbons (Fsp3) is 0.0800. The minimum absolute atomic E-state index is 0.00388. The Kier molecular flexibility index (Phi) is 6.48. The third-order valence-electron chi connectivity index (χ3n) is 5.52. The highest BCUT2D eigenvalue weighted by Gasteiger charge is 2.37. The van der Waals surface area contributed by atoms with Crippen molar-refractivity contribution in [1.29, 1.82) is 0 Å². The number of anilines is 1. The van der Waals surface area contributed by atoms with Crippen molar-refractivity contribution in [3.8, 4) is 17.2 Å². The largest absolute Gasteiger partial charge is 0.488 e. The Morgan fingerprint density at radius 2 is 1.78 bits per heavy atom. The summed E-state index contributed by atoms with van der Waals surface area (Å²) in [6.07, 6.45) is 1.40. The van der Waals surface area contributed by atoms with Crippen LogP contribution in [0.25, 0.3) is 6.08 Å². The molecule has 1 N–H and O–H groups in total. The van der Waals surface area contributed by atoms with Gasteiger partial charge in [-0.25, -0.2) is 9.69 Å². The van der Waals surface area contributed by atoms with E-state index in [0.29, 0.717) is 26.4 Å². The molecule has 12 heteroatoms. The van der Waals surface area contributed by atoms with Crippen molar-refractivity contribution in [1.82, 2.24) is 5.32 Å². The average molecular weight is 613 g/mol. The van der Waals surface area contributed by atoms with Crippen LogP contribution in [0.3, 0.4) is 0 Å². The Morgan fingerprint density at radius 3 is 2.51 bits per heavy atom. The first-order chi connectivity index (χ1) is 17.8. The molecule has 0 aliphatic carbocycles. The van der Waals surface area contributed by atoms with Crippen LogP contribution >= 0.6 is 22.6 Å². The van der Waals surface area contributed by atoms with E-state index >= 15 is 0 Å². The number of hydrogen-bond donors (Lipinski definition) is 1. The predicted molar refractivity (Wildman–Crippen MR) is 138 cm³/mol. The molecule has 0 bridgehead atoms. The molecule has 2 aliphatic rings. The number of imide groups is 2. The molecule has 1 saturated heterocycles. The van der Waals surface area contributed by atoms with Crippen LogP contribution in [0.2, 0.25) is 0 Å². The third kappa shape index (κ3) is 4.95. The maximum absolute atomic E-state index is 13.2. The van der Waals surface area contributed by atoms with Crippen LogP contribution in [0.5, 0.6) is 17.2 Å². The van der Waals surface area contributed by atoms with Crippen LogP contribution in [0, 0.1) is 13.7 Å². The number of nitrogens with zero attached hydrogens (tertiary/aromatic N) is 2. The molecule has 1 fully saturated rings. The zero-order valence-corrected chi connectivity index (χ0v) is 21.0. The molecule has 186 valence electrons. The summed E-state index contributed by atoms with van der Waals surface area (Å²) >= 11 is 2.06. The summed E-state index contributed by atoms with van der Waals surface area (Å²) in [5.41, 5.74) is 1.31. The van der Waals surface area contributed by atoms with Gasteiger partial charge in [-0.15, -0.1) is 0 Å². The standard InChI is InChI=1S/C25H16IN3O8/c26-19-10-15(3-7-20(19)35-12-14-1-4-16(5-2-14)29(33)34)9-18-23(30)27-25(32)28(24(18)31)17-6-8-21-22(11-17)37-13-36-21/h1-11H,12-13H2,(H,27,30,32)/b18-9+. The molecule has 2 heterocycles. The average Bonchev–Trinajstić information content (AvgIpc) is 3.34. The van der Waals surface area contributed by atoms with E-state index < -0.39 is 22.8 Å². The van der Waals surface area contributed by atoms with E-state index in [4.69, 9.17) is 14.2 Å². The molecule has 37 heavy (non-hydrogen) atoms. The number of nitrogens with one attached hydrogen (secondary N) is 1. The quantitative estimate of drug-likeness (QED) is 0.144. The maximum atomic E-state index is 13.2. The molecule has 0 aromatic heterocycles. The lowest BCUT2D eigenvalue weighted by atomic mass is 10.1. The molecule has 4 amide bonds. The van der Waals surface area contributed by atoms with Gasteiger partial charge in [0.2, 0.25) is 6.79 Å². The summed E-state index contributed by atoms with van der Waals surface area (Å²) in [6.45, 7) is 0.233. The topological polar surface area (TPSA) is 137 Å². The first-order valence-corrected chi connectivity index (χ1v) is 11.8. The number of carbonyl (C=O) groups excluding carboxylic acids is 3. The Bertz CT molecular complexity index is 1490. The molecule has 3 aromatic rings. The van der Waals surface area contributed by atoms with Gasteiger partial charge in [-0.2, -0.15) is 0 Å². The molecular formula is C25H16IN3O8. The molecule has 11 nitrogen and oxygen atoms in total. The number of rotatable bonds is 6. The van der Waals surface area contributed by atoms with Crippen LogP contribution < -0.4 is 24.4 Å². The van der Waals surface area contributed by atoms with Gasteiger partial charge in [-0.3, -0.25) is 25.0 Å². The molecule has 0 radical (unpaired) electrons. The van der Waals surface area contributed by atoms with Crippen LogP contribution in [0.15, 0.2) is 66.2 Å². The van der Waals surface area contributed by atoms with E-state index in [2.05, 4.69) is 27.9 Å². The SMILES string of the molecule is O=C1NC(=O)N(c2ccc3c(c2)OCO3)C(=O)/C1=C/c1ccc(OCc2ccc([N+](=O)[O-])cc2)c(I)c1. The van der Waals surface area contributed by atoms with Gasteiger partial charge in [0, 0.05) is 18.2 Å². The molecule has 0 unspecified atom stereocenters. The molecule has 3 aromatic carbocycles. The summed E-state index contributed by atoms with van der Waals surface area (Å²) < 4.78 is 17.1. The Labute approximate surface area is 222 Å². The monoisotopic (exact) mass is 613 g/mol. The van der Waals surface area contributed by atoms with Gasteiger partial charge in [0.05, 0.1) is 14.2 Å². The Hall–Kier alpha value is -4.46. The number of hydrogen-bond acceptors (Lipinski definition) is 8. The van der Waals surface area contributed by atoms with Crippen molar-refractivity contribution in [3.05, 3.63) is 91.0 Å². The number of fused-ring (bicyclic) bond motifs is 1. The van der Waals surface area contributed by atoms with E-state index in [0.717, 1.165) is 10.5 Å². The first-order valence-electron chi connectivity index (χ1n) is 10.8. The second kappa shape index (κ2) is 9.89. The van der Waals surface area contributed by atoms with E-state index in [1.165, 1.54) is 30.3 Å². The van der Waals surface area contributed by atoms with Crippen molar-refractivity contribution >= 4 is 57.9 Å². The highest BCUT2D eigenvalue weighted by Crippen LogP contribution is 2.36. The number of nitro groups is 1. The van der Waals surface area contributed by atoms with Gasteiger partial charge in [0.1, 0.15) is 17.9 Å². The van der Waals surface area contributed by atoms with Crippen LogP contribution in [-0.4, -0.2) is 29.6 Å². The highest BCUT2D eigenvalue weighted by atomic mass is 127. The number of non-ortho nitro benzene ring substituents is 1. The number of halogens is 1. The molecule has 0 saturated carbocycles. The normalized spacial score (nSPS) is 15.6. The minimum Gasteiger partial charge on any atom is -0.488 e. The van der Waals surface area contributed by atoms with Gasteiger partial charge in [0.15, 0.2) is 11.5 Å². The number of ether oxygens (including phenoxy) is 3. The van der Waals surface area contributed by atoms with Crippen molar-refractivity contribution in [2.24, 2.45) is 0 Å². The van der Waals surface area contributed by atoms with Crippen molar-refractivity contribution in [2.75, 3.05) is 11.7 Å². The summed E-state index contributed by atoms with van der Waals surface area (Å²) in [7, 11) is 0. The maximum Gasteiger partial charge on any atom is 0.335 e. The van der Waals surface area contributed by atoms with Gasteiger partial charge < -0.3 is 14.2 Å². The second-order valence-electron chi connectivity index (χ2n) is 7.90. The fourth-order valence-electron chi connectivity index (χ4n) is 3.68. The smallest absolute Gasteiger partial charge is 0.335 e. The Balaban J connectivity index is 1.34. The van der Waals surface area contributed by atoms with Gasteiger partial charge in [-0.1, -0.05) is 6.07 Å². The van der Waals surface area contributed by atoms with Crippen molar-refractivity contribution in [3.63, 3.8) is 0 Å². The number of barbiturate groups is 1. The zero-order chi connectivity index (χ0) is 26.1. The first kappa shape index (κ1) is 24.2. The zero-order valence-electron chi connectivity index (χ0n) is 18.8. The van der Waals surface area contributed by atoms with Crippen molar-refractivity contribution < 1.29 is 33.5 Å². The number of nitro benzene ring substituents is 1. The lowest BCUT2D eigenvalue weighted by Crippen LogP contribution is -2.54. The summed E-state index contributed by atoms with van der Waals surface area (Å²) in [5.74, 6) is -0.148. The van der Waals surface area contributed by atoms with E-state index in [1.54, 1.807) is 36.4 Å². The molecule has 0 atom stereocenters. The van der Waals surface area contributed by atoms with Gasteiger partial charge in [-0.05, 0) is 76.2 Å². The van der Waals surface area contributed by atoms with Crippen LogP contribution in [0.4, 0.5) is 16.2 Å². The van der Waals surface area contributed by atoms with Crippen LogP contribution in [0.1, 0.15) is 11.1 Å². The molecular weight excluding hydrogens is 597 g/mol. The number of urea groups is 1. The van der Waals surface area contributed by atoms with Crippen molar-refractivity contribution in [2.45, 2.75) is 6.61 Å². The van der Waals surface area contributed by atoms with E-state index in [9.17, 15) is 24.5 Å². The van der Waals surface area contributed by atoms with E-state index in [-0.39, 0.29) is 30.3 Å². The van der Waals surface area contributed by atoms with Gasteiger partial charge >= 0.3 is 6.03 Å². The fourth-order valence-corrected chi connectivity index (χ4v) is 4.38. The number of carbonyl (C=O) groups is 3. The third-order valence-corrected chi connectivity index (χ3v) is 6.37. The minimum atomic E-state index is -0.865. The molecule has 0 spiro atoms. The second-order valence-corrected chi connectivity index (χ2v) is 9.06. The Morgan fingerprint density at radius 1 is 1.03 bits per heavy atom. The highest BCUT2D eigenvalue weighted by molar-refractivity contribution is 14.1.